The van der Waals surface area contributed by atoms with E-state index in [1.165, 1.54) is 42.4 Å². The van der Waals surface area contributed by atoms with E-state index in [9.17, 15) is 0 Å². The van der Waals surface area contributed by atoms with Crippen LogP contribution in [0.4, 0.5) is 0 Å². The molecule has 0 amide bonds. The lowest BCUT2D eigenvalue weighted by Gasteiger charge is -2.44. The molecule has 1 unspecified atom stereocenters. The van der Waals surface area contributed by atoms with Gasteiger partial charge < -0.3 is 10.1 Å². The van der Waals surface area contributed by atoms with Gasteiger partial charge >= 0.3 is 0 Å². The van der Waals surface area contributed by atoms with Gasteiger partial charge in [-0.1, -0.05) is 30.7 Å². The number of likely N-dealkylation sites (N-methyl/N-ethyl adjacent to an activating group) is 1. The van der Waals surface area contributed by atoms with E-state index < -0.39 is 0 Å². The van der Waals surface area contributed by atoms with Crippen LogP contribution in [-0.2, 0) is 11.2 Å². The van der Waals surface area contributed by atoms with Crippen molar-refractivity contribution in [3.63, 3.8) is 0 Å². The van der Waals surface area contributed by atoms with Gasteiger partial charge in [-0.05, 0) is 70.0 Å². The second-order valence-corrected chi connectivity index (χ2v) is 6.93. The van der Waals surface area contributed by atoms with E-state index in [2.05, 4.69) is 51.3 Å². The lowest BCUT2D eigenvalue weighted by atomic mass is 9.73. The average molecular weight is 289 g/mol. The van der Waals surface area contributed by atoms with Crippen molar-refractivity contribution < 1.29 is 4.74 Å². The third kappa shape index (κ3) is 3.67. The first-order chi connectivity index (χ1) is 10.0. The van der Waals surface area contributed by atoms with Gasteiger partial charge in [0.25, 0.3) is 0 Å². The molecule has 0 radical (unpaired) electrons. The molecule has 21 heavy (non-hydrogen) atoms. The average Bonchev–Trinajstić information content (AvgIpc) is 2.49. The van der Waals surface area contributed by atoms with Gasteiger partial charge in [0.05, 0.1) is 5.60 Å². The maximum atomic E-state index is 6.06. The van der Waals surface area contributed by atoms with E-state index >= 15 is 0 Å². The molecule has 1 atom stereocenters. The molecule has 1 aromatic rings. The first-order valence-corrected chi connectivity index (χ1v) is 8.29. The van der Waals surface area contributed by atoms with Crippen LogP contribution in [0, 0.1) is 19.8 Å². The van der Waals surface area contributed by atoms with Gasteiger partial charge in [0.15, 0.2) is 0 Å². The summed E-state index contributed by atoms with van der Waals surface area (Å²) >= 11 is 0. The van der Waals surface area contributed by atoms with Crippen molar-refractivity contribution in [2.45, 2.75) is 64.5 Å². The van der Waals surface area contributed by atoms with Crippen LogP contribution in [0.1, 0.15) is 49.3 Å². The van der Waals surface area contributed by atoms with Crippen molar-refractivity contribution in [3.8, 4) is 0 Å². The summed E-state index contributed by atoms with van der Waals surface area (Å²) in [7, 11) is 3.97. The number of nitrogens with one attached hydrogen (secondary N) is 1. The van der Waals surface area contributed by atoms with Crippen molar-refractivity contribution in [1.29, 1.82) is 0 Å². The van der Waals surface area contributed by atoms with Gasteiger partial charge in [-0.15, -0.1) is 0 Å². The Kier molecular flexibility index (Phi) is 5.45. The normalized spacial score (nSPS) is 27.6. The molecule has 1 aliphatic carbocycles. The Morgan fingerprint density at radius 1 is 1.29 bits per heavy atom. The number of benzene rings is 1. The molecule has 0 aromatic heterocycles. The van der Waals surface area contributed by atoms with Crippen LogP contribution in [0.2, 0.25) is 0 Å². The minimum atomic E-state index is -0.00253. The summed E-state index contributed by atoms with van der Waals surface area (Å²) in [6.07, 6.45) is 5.94. The molecule has 2 heteroatoms. The molecule has 0 saturated heterocycles. The summed E-state index contributed by atoms with van der Waals surface area (Å²) < 4.78 is 6.06. The molecule has 2 rings (SSSR count). The molecular formula is C19H31NO. The maximum Gasteiger partial charge on any atom is 0.0834 e. The maximum absolute atomic E-state index is 6.06. The number of ether oxygens (including phenoxy) is 1. The zero-order valence-corrected chi connectivity index (χ0v) is 14.3. The zero-order valence-electron chi connectivity index (χ0n) is 14.3. The Morgan fingerprint density at radius 2 is 1.95 bits per heavy atom. The first-order valence-electron chi connectivity index (χ1n) is 8.29. The molecule has 1 N–H and O–H groups in total. The van der Waals surface area contributed by atoms with Gasteiger partial charge in [-0.2, -0.15) is 0 Å². The third-order valence-corrected chi connectivity index (χ3v) is 5.44. The molecule has 1 fully saturated rings. The molecule has 0 bridgehead atoms. The summed E-state index contributed by atoms with van der Waals surface area (Å²) in [6, 6.07) is 7.14. The van der Waals surface area contributed by atoms with Crippen LogP contribution in [0.5, 0.6) is 0 Å². The Labute approximate surface area is 130 Å². The van der Waals surface area contributed by atoms with Gasteiger partial charge in [-0.3, -0.25) is 0 Å². The van der Waals surface area contributed by atoms with E-state index in [1.807, 2.05) is 7.11 Å². The van der Waals surface area contributed by atoms with Crippen LogP contribution in [0.3, 0.4) is 0 Å². The van der Waals surface area contributed by atoms with Crippen molar-refractivity contribution >= 4 is 0 Å². The van der Waals surface area contributed by atoms with Gasteiger partial charge in [-0.25, -0.2) is 0 Å². The molecule has 2 nitrogen and oxygen atoms in total. The summed E-state index contributed by atoms with van der Waals surface area (Å²) in [4.78, 5) is 0. The fourth-order valence-electron chi connectivity index (χ4n) is 3.74. The number of aryl methyl sites for hydroxylation is 2. The zero-order chi connectivity index (χ0) is 15.5. The molecule has 118 valence electrons. The number of methoxy groups -OCH3 is 1. The van der Waals surface area contributed by atoms with Crippen LogP contribution in [0.15, 0.2) is 18.2 Å². The van der Waals surface area contributed by atoms with Crippen molar-refractivity contribution in [2.24, 2.45) is 5.92 Å². The number of rotatable bonds is 5. The lowest BCUT2D eigenvalue weighted by Crippen LogP contribution is -2.54. The molecule has 0 aliphatic heterocycles. The van der Waals surface area contributed by atoms with Crippen LogP contribution >= 0.6 is 0 Å². The van der Waals surface area contributed by atoms with E-state index in [-0.39, 0.29) is 5.60 Å². The van der Waals surface area contributed by atoms with Gasteiger partial charge in [0.2, 0.25) is 0 Å². The SMILES string of the molecule is CNC(Cc1cc(C)ccc1C)C1(OC)CCC(C)CC1. The minimum absolute atomic E-state index is 0.00253. The molecule has 0 heterocycles. The Morgan fingerprint density at radius 3 is 2.52 bits per heavy atom. The van der Waals surface area contributed by atoms with E-state index in [0.29, 0.717) is 6.04 Å². The van der Waals surface area contributed by atoms with Gasteiger partial charge in [0.1, 0.15) is 0 Å². The predicted octanol–water partition coefficient (Wildman–Crippen LogP) is 4.03. The number of hydrogen-bond donors (Lipinski definition) is 1. The highest BCUT2D eigenvalue weighted by Gasteiger charge is 2.40. The first kappa shape index (κ1) is 16.5. The monoisotopic (exact) mass is 289 g/mol. The lowest BCUT2D eigenvalue weighted by molar-refractivity contribution is -0.0730. The minimum Gasteiger partial charge on any atom is -0.377 e. The molecule has 0 spiro atoms. The molecule has 1 aromatic carbocycles. The standard InChI is InChI=1S/C19H31NO/c1-14-8-10-19(21-5,11-9-14)18(20-4)13-17-12-15(2)6-7-16(17)3/h6-7,12,14,18,20H,8-11,13H2,1-5H3. The van der Waals surface area contributed by atoms with Crippen LogP contribution in [0.25, 0.3) is 0 Å². The van der Waals surface area contributed by atoms with E-state index in [1.54, 1.807) is 0 Å². The van der Waals surface area contributed by atoms with Crippen molar-refractivity contribution in [3.05, 3.63) is 34.9 Å². The summed E-state index contributed by atoms with van der Waals surface area (Å²) in [5.41, 5.74) is 4.17. The second kappa shape index (κ2) is 6.93. The highest BCUT2D eigenvalue weighted by atomic mass is 16.5. The van der Waals surface area contributed by atoms with Crippen molar-refractivity contribution in [2.75, 3.05) is 14.2 Å². The fraction of sp³-hybridized carbons (Fsp3) is 0.684. The summed E-state index contributed by atoms with van der Waals surface area (Å²) in [5, 5.41) is 3.55. The van der Waals surface area contributed by atoms with Gasteiger partial charge in [0, 0.05) is 13.2 Å². The molecule has 1 saturated carbocycles. The quantitative estimate of drug-likeness (QED) is 0.883. The number of hydrogen-bond acceptors (Lipinski definition) is 2. The topological polar surface area (TPSA) is 21.3 Å². The second-order valence-electron chi connectivity index (χ2n) is 6.93. The van der Waals surface area contributed by atoms with Crippen LogP contribution < -0.4 is 5.32 Å². The summed E-state index contributed by atoms with van der Waals surface area (Å²) in [6.45, 7) is 6.74. The third-order valence-electron chi connectivity index (χ3n) is 5.44. The Bertz CT molecular complexity index is 461. The van der Waals surface area contributed by atoms with Crippen LogP contribution in [-0.4, -0.2) is 25.8 Å². The Balaban J connectivity index is 2.19. The van der Waals surface area contributed by atoms with Crippen molar-refractivity contribution in [1.82, 2.24) is 5.32 Å². The van der Waals surface area contributed by atoms with E-state index in [0.717, 1.165) is 12.3 Å². The highest BCUT2D eigenvalue weighted by Crippen LogP contribution is 2.38. The Hall–Kier alpha value is -0.860. The molecule has 1 aliphatic rings. The largest absolute Gasteiger partial charge is 0.377 e. The predicted molar refractivity (Wildman–Crippen MR) is 89.8 cm³/mol. The van der Waals surface area contributed by atoms with E-state index in [4.69, 9.17) is 4.74 Å². The summed E-state index contributed by atoms with van der Waals surface area (Å²) in [5.74, 6) is 0.839. The molecular weight excluding hydrogens is 258 g/mol. The highest BCUT2D eigenvalue weighted by molar-refractivity contribution is 5.31. The smallest absolute Gasteiger partial charge is 0.0834 e. The fourth-order valence-corrected chi connectivity index (χ4v) is 3.74.